The largest absolute Gasteiger partial charge is 0.363 e. The summed E-state index contributed by atoms with van der Waals surface area (Å²) < 4.78 is 54.1. The first-order valence-corrected chi connectivity index (χ1v) is 11.8. The van der Waals surface area contributed by atoms with Crippen LogP contribution in [0.3, 0.4) is 0 Å². The number of rotatable bonds is 7. The molecule has 0 atom stereocenters. The Morgan fingerprint density at radius 1 is 1.00 bits per heavy atom. The molecule has 1 aromatic heterocycles. The van der Waals surface area contributed by atoms with Gasteiger partial charge in [0, 0.05) is 39.9 Å². The molecular weight excluding hydrogens is 400 g/mol. The number of pyridine rings is 1. The van der Waals surface area contributed by atoms with Crippen molar-refractivity contribution in [2.75, 3.05) is 32.1 Å². The molecule has 0 saturated carbocycles. The summed E-state index contributed by atoms with van der Waals surface area (Å²) >= 11 is 0. The van der Waals surface area contributed by atoms with Gasteiger partial charge in [0.25, 0.3) is 0 Å². The van der Waals surface area contributed by atoms with E-state index in [0.717, 1.165) is 24.2 Å². The van der Waals surface area contributed by atoms with Crippen molar-refractivity contribution in [2.24, 2.45) is 0 Å². The molecule has 0 aliphatic carbocycles. The molecule has 152 valence electrons. The van der Waals surface area contributed by atoms with Crippen LogP contribution in [0.2, 0.25) is 0 Å². The zero-order chi connectivity index (χ0) is 20.4. The van der Waals surface area contributed by atoms with Crippen LogP contribution in [0.5, 0.6) is 0 Å². The normalized spacial score (nSPS) is 15.6. The first-order chi connectivity index (χ1) is 13.2. The zero-order valence-electron chi connectivity index (χ0n) is 15.9. The molecule has 0 unspecified atom stereocenters. The van der Waals surface area contributed by atoms with E-state index in [4.69, 9.17) is 0 Å². The third-order valence-corrected chi connectivity index (χ3v) is 7.90. The van der Waals surface area contributed by atoms with E-state index in [0.29, 0.717) is 13.1 Å². The lowest BCUT2D eigenvalue weighted by Gasteiger charge is -2.16. The fraction of sp³-hybridized carbons (Fsp3) is 0.389. The summed E-state index contributed by atoms with van der Waals surface area (Å²) in [6, 6.07) is 8.87. The molecule has 0 spiro atoms. The Labute approximate surface area is 166 Å². The Bertz CT molecular complexity index is 1030. The van der Waals surface area contributed by atoms with E-state index in [2.05, 4.69) is 9.71 Å². The summed E-state index contributed by atoms with van der Waals surface area (Å²) in [5.41, 5.74) is 0.774. The van der Waals surface area contributed by atoms with Gasteiger partial charge in [-0.15, -0.1) is 0 Å². The molecule has 1 saturated heterocycles. The van der Waals surface area contributed by atoms with Crippen LogP contribution in [-0.2, 0) is 26.6 Å². The van der Waals surface area contributed by atoms with E-state index >= 15 is 0 Å². The second-order valence-electron chi connectivity index (χ2n) is 6.82. The summed E-state index contributed by atoms with van der Waals surface area (Å²) in [5.74, 6) is 0.730. The third kappa shape index (κ3) is 4.52. The summed E-state index contributed by atoms with van der Waals surface area (Å²) in [6.45, 7) is 1.12. The highest BCUT2D eigenvalue weighted by Crippen LogP contribution is 2.22. The minimum Gasteiger partial charge on any atom is -0.363 e. The molecule has 1 aromatic carbocycles. The van der Waals surface area contributed by atoms with Gasteiger partial charge in [0.15, 0.2) is 0 Å². The highest BCUT2D eigenvalue weighted by atomic mass is 32.2. The van der Waals surface area contributed by atoms with E-state index < -0.39 is 20.0 Å². The van der Waals surface area contributed by atoms with Crippen molar-refractivity contribution in [3.05, 3.63) is 48.2 Å². The Balaban J connectivity index is 1.73. The summed E-state index contributed by atoms with van der Waals surface area (Å²) in [5, 5.41) is 0. The van der Waals surface area contributed by atoms with Crippen LogP contribution in [0, 0.1) is 0 Å². The van der Waals surface area contributed by atoms with Gasteiger partial charge in [0.2, 0.25) is 20.0 Å². The molecule has 1 fully saturated rings. The molecule has 8 nitrogen and oxygen atoms in total. The molecule has 28 heavy (non-hydrogen) atoms. The van der Waals surface area contributed by atoms with Crippen molar-refractivity contribution in [1.82, 2.24) is 14.0 Å². The summed E-state index contributed by atoms with van der Waals surface area (Å²) in [7, 11) is -3.62. The van der Waals surface area contributed by atoms with E-state index in [9.17, 15) is 16.8 Å². The smallest absolute Gasteiger partial charge is 0.243 e. The second-order valence-corrected chi connectivity index (χ2v) is 10.5. The van der Waals surface area contributed by atoms with Crippen LogP contribution in [0.4, 0.5) is 5.82 Å². The standard InChI is InChI=1S/C18H24N4O4S2/c1-21(2)18-13-15(9-10-19-18)14-20-27(23,24)16-5-7-17(8-6-16)28(25,26)22-11-3-4-12-22/h5-10,13,20H,3-4,11-12,14H2,1-2H3. The van der Waals surface area contributed by atoms with Crippen molar-refractivity contribution >= 4 is 25.9 Å². The van der Waals surface area contributed by atoms with Gasteiger partial charge in [-0.05, 0) is 54.8 Å². The van der Waals surface area contributed by atoms with E-state index in [1.165, 1.54) is 28.6 Å². The number of sulfonamides is 2. The van der Waals surface area contributed by atoms with E-state index in [-0.39, 0.29) is 16.3 Å². The van der Waals surface area contributed by atoms with Gasteiger partial charge in [-0.1, -0.05) is 0 Å². The Hall–Kier alpha value is -2.01. The topological polar surface area (TPSA) is 99.7 Å². The Morgan fingerprint density at radius 3 is 2.21 bits per heavy atom. The maximum atomic E-state index is 12.5. The molecule has 0 amide bonds. The number of aromatic nitrogens is 1. The number of nitrogens with one attached hydrogen (secondary N) is 1. The lowest BCUT2D eigenvalue weighted by molar-refractivity contribution is 0.477. The Morgan fingerprint density at radius 2 is 1.61 bits per heavy atom. The van der Waals surface area contributed by atoms with Crippen LogP contribution in [0.1, 0.15) is 18.4 Å². The highest BCUT2D eigenvalue weighted by Gasteiger charge is 2.27. The number of anilines is 1. The average Bonchev–Trinajstić information content (AvgIpc) is 3.22. The maximum absolute atomic E-state index is 12.5. The molecule has 2 heterocycles. The van der Waals surface area contributed by atoms with E-state index in [1.54, 1.807) is 18.3 Å². The van der Waals surface area contributed by atoms with Gasteiger partial charge in [-0.2, -0.15) is 4.31 Å². The van der Waals surface area contributed by atoms with Gasteiger partial charge in [-0.3, -0.25) is 0 Å². The first-order valence-electron chi connectivity index (χ1n) is 8.92. The fourth-order valence-corrected chi connectivity index (χ4v) is 5.48. The lowest BCUT2D eigenvalue weighted by atomic mass is 10.2. The zero-order valence-corrected chi connectivity index (χ0v) is 17.5. The number of nitrogens with zero attached hydrogens (tertiary/aromatic N) is 3. The van der Waals surface area contributed by atoms with E-state index in [1.807, 2.05) is 19.0 Å². The monoisotopic (exact) mass is 424 g/mol. The molecule has 1 aliphatic rings. The molecular formula is C18H24N4O4S2. The molecule has 3 rings (SSSR count). The molecule has 0 bridgehead atoms. The van der Waals surface area contributed by atoms with Crippen LogP contribution in [0.25, 0.3) is 0 Å². The van der Waals surface area contributed by atoms with Crippen molar-refractivity contribution < 1.29 is 16.8 Å². The van der Waals surface area contributed by atoms with Crippen LogP contribution < -0.4 is 9.62 Å². The molecule has 1 aliphatic heterocycles. The molecule has 10 heteroatoms. The van der Waals surface area contributed by atoms with Gasteiger partial charge < -0.3 is 4.90 Å². The molecule has 0 radical (unpaired) electrons. The van der Waals surface area contributed by atoms with Gasteiger partial charge in [0.05, 0.1) is 9.79 Å². The third-order valence-electron chi connectivity index (χ3n) is 4.57. The van der Waals surface area contributed by atoms with Crippen LogP contribution >= 0.6 is 0 Å². The second kappa shape index (κ2) is 8.16. The fourth-order valence-electron chi connectivity index (χ4n) is 2.95. The van der Waals surface area contributed by atoms with Gasteiger partial charge in [0.1, 0.15) is 5.82 Å². The summed E-state index contributed by atoms with van der Waals surface area (Å²) in [4.78, 5) is 6.16. The molecule has 2 aromatic rings. The molecule has 1 N–H and O–H groups in total. The van der Waals surface area contributed by atoms with Crippen LogP contribution in [0.15, 0.2) is 52.4 Å². The first kappa shape index (κ1) is 20.7. The van der Waals surface area contributed by atoms with Crippen molar-refractivity contribution in [3.63, 3.8) is 0 Å². The number of hydrogen-bond acceptors (Lipinski definition) is 6. The van der Waals surface area contributed by atoms with Crippen molar-refractivity contribution in [2.45, 2.75) is 29.2 Å². The van der Waals surface area contributed by atoms with Gasteiger partial charge >= 0.3 is 0 Å². The quantitative estimate of drug-likeness (QED) is 0.721. The predicted octanol–water partition coefficient (Wildman–Crippen LogP) is 1.41. The van der Waals surface area contributed by atoms with Gasteiger partial charge in [-0.25, -0.2) is 26.5 Å². The van der Waals surface area contributed by atoms with Crippen LogP contribution in [-0.4, -0.2) is 53.3 Å². The average molecular weight is 425 g/mol. The Kier molecular flexibility index (Phi) is 6.04. The minimum atomic E-state index is -3.77. The van der Waals surface area contributed by atoms with Crippen molar-refractivity contribution in [3.8, 4) is 0 Å². The SMILES string of the molecule is CN(C)c1cc(CNS(=O)(=O)c2ccc(S(=O)(=O)N3CCCC3)cc2)ccn1. The number of benzene rings is 1. The predicted molar refractivity (Wildman–Crippen MR) is 107 cm³/mol. The lowest BCUT2D eigenvalue weighted by Crippen LogP contribution is -2.28. The number of hydrogen-bond donors (Lipinski definition) is 1. The summed E-state index contributed by atoms with van der Waals surface area (Å²) in [6.07, 6.45) is 3.32. The maximum Gasteiger partial charge on any atom is 0.243 e. The minimum absolute atomic E-state index is 0.0229. The highest BCUT2D eigenvalue weighted by molar-refractivity contribution is 7.89. The van der Waals surface area contributed by atoms with Crippen molar-refractivity contribution in [1.29, 1.82) is 0 Å².